The van der Waals surface area contributed by atoms with Gasteiger partial charge in [-0.15, -0.1) is 0 Å². The summed E-state index contributed by atoms with van der Waals surface area (Å²) in [6.45, 7) is 4.31. The number of hydrogen-bond donors (Lipinski definition) is 0. The summed E-state index contributed by atoms with van der Waals surface area (Å²) in [6, 6.07) is 0. The Balaban J connectivity index is 2.65. The molecule has 0 aromatic rings. The number of ketones is 1. The summed E-state index contributed by atoms with van der Waals surface area (Å²) in [5.41, 5.74) is -0.435. The summed E-state index contributed by atoms with van der Waals surface area (Å²) in [5, 5.41) is 0. The van der Waals surface area contributed by atoms with E-state index in [1.54, 1.807) is 6.92 Å². The highest BCUT2D eigenvalue weighted by Crippen LogP contribution is 2.30. The van der Waals surface area contributed by atoms with Crippen molar-refractivity contribution in [3.05, 3.63) is 0 Å². The molecule has 0 unspecified atom stereocenters. The van der Waals surface area contributed by atoms with Gasteiger partial charge in [0.05, 0.1) is 0 Å². The zero-order chi connectivity index (χ0) is 10.4. The Labute approximate surface area is 87.0 Å². The zero-order valence-corrected chi connectivity index (χ0v) is 9.47. The van der Waals surface area contributed by atoms with Crippen LogP contribution in [0.5, 0.6) is 0 Å². The van der Waals surface area contributed by atoms with E-state index in [0.717, 1.165) is 25.7 Å². The lowest BCUT2D eigenvalue weighted by atomic mass is 9.84. The van der Waals surface area contributed by atoms with Gasteiger partial charge in [0.15, 0.2) is 5.78 Å². The van der Waals surface area contributed by atoms with Gasteiger partial charge in [0.1, 0.15) is 5.60 Å². The molecule has 0 bridgehead atoms. The molecule has 0 heterocycles. The van der Waals surface area contributed by atoms with Crippen LogP contribution in [0.3, 0.4) is 0 Å². The molecule has 0 spiro atoms. The molecule has 1 aliphatic rings. The highest BCUT2D eigenvalue weighted by atomic mass is 16.5. The fraction of sp³-hybridized carbons (Fsp3) is 0.917. The van der Waals surface area contributed by atoms with Crippen molar-refractivity contribution in [2.45, 2.75) is 64.4 Å². The monoisotopic (exact) mass is 198 g/mol. The number of Topliss-reactive ketones (excluding diaryl/α,β-unsaturated/α-hetero) is 1. The zero-order valence-electron chi connectivity index (χ0n) is 9.47. The molecule has 1 rings (SSSR count). The van der Waals surface area contributed by atoms with E-state index < -0.39 is 5.60 Å². The molecule has 0 aliphatic heterocycles. The molecule has 2 heteroatoms. The lowest BCUT2D eigenvalue weighted by Crippen LogP contribution is -2.40. The Kier molecular flexibility index (Phi) is 4.59. The number of carbonyl (C=O) groups excluding carboxylic acids is 1. The van der Waals surface area contributed by atoms with Gasteiger partial charge in [-0.3, -0.25) is 4.79 Å². The maximum atomic E-state index is 11.7. The predicted molar refractivity (Wildman–Crippen MR) is 57.4 cm³/mol. The van der Waals surface area contributed by atoms with Crippen LogP contribution in [-0.2, 0) is 9.53 Å². The third kappa shape index (κ3) is 2.81. The van der Waals surface area contributed by atoms with Crippen molar-refractivity contribution in [3.63, 3.8) is 0 Å². The van der Waals surface area contributed by atoms with E-state index in [1.807, 2.05) is 6.92 Å². The lowest BCUT2D eigenvalue weighted by molar-refractivity contribution is -0.145. The van der Waals surface area contributed by atoms with Gasteiger partial charge in [-0.2, -0.15) is 0 Å². The normalized spacial score (nSPS) is 22.4. The second-order valence-corrected chi connectivity index (χ2v) is 4.25. The third-order valence-electron chi connectivity index (χ3n) is 3.22. The van der Waals surface area contributed by atoms with E-state index >= 15 is 0 Å². The Bertz CT molecular complexity index is 179. The van der Waals surface area contributed by atoms with Gasteiger partial charge in [-0.05, 0) is 26.7 Å². The van der Waals surface area contributed by atoms with Gasteiger partial charge in [0.25, 0.3) is 0 Å². The van der Waals surface area contributed by atoms with Crippen LogP contribution in [0.4, 0.5) is 0 Å². The minimum Gasteiger partial charge on any atom is -0.368 e. The molecule has 0 amide bonds. The van der Waals surface area contributed by atoms with Crippen LogP contribution in [-0.4, -0.2) is 18.0 Å². The maximum Gasteiger partial charge on any atom is 0.161 e. The molecule has 0 aromatic carbocycles. The van der Waals surface area contributed by atoms with Crippen molar-refractivity contribution < 1.29 is 9.53 Å². The Morgan fingerprint density at radius 2 is 1.64 bits per heavy atom. The summed E-state index contributed by atoms with van der Waals surface area (Å²) in [6.07, 6.45) is 7.95. The number of carbonyl (C=O) groups is 1. The molecular weight excluding hydrogens is 176 g/mol. The maximum absolute atomic E-state index is 11.7. The molecule has 1 fully saturated rings. The molecule has 0 radical (unpaired) electrons. The first-order valence-electron chi connectivity index (χ1n) is 5.86. The van der Waals surface area contributed by atoms with Gasteiger partial charge < -0.3 is 4.74 Å². The summed E-state index contributed by atoms with van der Waals surface area (Å²) in [7, 11) is 0. The average Bonchev–Trinajstić information content (AvgIpc) is 2.09. The average molecular weight is 198 g/mol. The fourth-order valence-electron chi connectivity index (χ4n) is 2.35. The fourth-order valence-corrected chi connectivity index (χ4v) is 2.35. The van der Waals surface area contributed by atoms with Crippen LogP contribution < -0.4 is 0 Å². The molecule has 1 aliphatic carbocycles. The topological polar surface area (TPSA) is 26.3 Å². The Morgan fingerprint density at radius 1 is 1.14 bits per heavy atom. The van der Waals surface area contributed by atoms with Crippen LogP contribution in [0.25, 0.3) is 0 Å². The van der Waals surface area contributed by atoms with Gasteiger partial charge in [0, 0.05) is 6.61 Å². The van der Waals surface area contributed by atoms with Crippen molar-refractivity contribution in [3.8, 4) is 0 Å². The molecule has 2 nitrogen and oxygen atoms in total. The minimum absolute atomic E-state index is 0.223. The number of hydrogen-bond acceptors (Lipinski definition) is 2. The largest absolute Gasteiger partial charge is 0.368 e. The number of ether oxygens (including phenoxy) is 1. The van der Waals surface area contributed by atoms with Crippen molar-refractivity contribution in [1.82, 2.24) is 0 Å². The van der Waals surface area contributed by atoms with Crippen LogP contribution in [0.2, 0.25) is 0 Å². The van der Waals surface area contributed by atoms with Crippen LogP contribution >= 0.6 is 0 Å². The predicted octanol–water partition coefficient (Wildman–Crippen LogP) is 3.10. The molecule has 0 atom stereocenters. The summed E-state index contributed by atoms with van der Waals surface area (Å²) in [4.78, 5) is 11.7. The second-order valence-electron chi connectivity index (χ2n) is 4.25. The first-order chi connectivity index (χ1) is 6.71. The van der Waals surface area contributed by atoms with Crippen LogP contribution in [0.15, 0.2) is 0 Å². The molecule has 0 saturated heterocycles. The highest BCUT2D eigenvalue weighted by molar-refractivity contribution is 5.84. The quantitative estimate of drug-likeness (QED) is 0.696. The van der Waals surface area contributed by atoms with Crippen LogP contribution in [0, 0.1) is 0 Å². The van der Waals surface area contributed by atoms with Gasteiger partial charge in [-0.25, -0.2) is 0 Å². The number of rotatable bonds is 3. The standard InChI is InChI=1S/C12H22O2/c1-3-14-12(11(2)13)9-7-5-4-6-8-10-12/h3-10H2,1-2H3. The lowest BCUT2D eigenvalue weighted by Gasteiger charge is -2.32. The minimum atomic E-state index is -0.435. The summed E-state index contributed by atoms with van der Waals surface area (Å²) < 4.78 is 5.72. The summed E-state index contributed by atoms with van der Waals surface area (Å²) >= 11 is 0. The first kappa shape index (κ1) is 11.7. The second kappa shape index (κ2) is 5.50. The van der Waals surface area contributed by atoms with Crippen molar-refractivity contribution >= 4 is 5.78 Å². The summed E-state index contributed by atoms with van der Waals surface area (Å²) in [5.74, 6) is 0.223. The van der Waals surface area contributed by atoms with Crippen molar-refractivity contribution in [2.24, 2.45) is 0 Å². The van der Waals surface area contributed by atoms with E-state index in [9.17, 15) is 4.79 Å². The van der Waals surface area contributed by atoms with Gasteiger partial charge in [-0.1, -0.05) is 32.1 Å². The third-order valence-corrected chi connectivity index (χ3v) is 3.22. The SMILES string of the molecule is CCOC1(C(C)=O)CCCCCCC1. The van der Waals surface area contributed by atoms with E-state index in [0.29, 0.717) is 6.61 Å². The highest BCUT2D eigenvalue weighted by Gasteiger charge is 2.35. The van der Waals surface area contributed by atoms with E-state index in [1.165, 1.54) is 19.3 Å². The molecule has 1 saturated carbocycles. The first-order valence-corrected chi connectivity index (χ1v) is 5.86. The molecule has 14 heavy (non-hydrogen) atoms. The Morgan fingerprint density at radius 3 is 2.07 bits per heavy atom. The van der Waals surface area contributed by atoms with Gasteiger partial charge in [0.2, 0.25) is 0 Å². The smallest absolute Gasteiger partial charge is 0.161 e. The molecule has 0 aromatic heterocycles. The van der Waals surface area contributed by atoms with Crippen LogP contribution in [0.1, 0.15) is 58.8 Å². The molecule has 0 N–H and O–H groups in total. The van der Waals surface area contributed by atoms with E-state index in [4.69, 9.17) is 4.74 Å². The van der Waals surface area contributed by atoms with E-state index in [2.05, 4.69) is 0 Å². The Hall–Kier alpha value is -0.370. The molecule has 82 valence electrons. The van der Waals surface area contributed by atoms with Gasteiger partial charge >= 0.3 is 0 Å². The van der Waals surface area contributed by atoms with Crippen molar-refractivity contribution in [1.29, 1.82) is 0 Å². The molecular formula is C12H22O2. The van der Waals surface area contributed by atoms with E-state index in [-0.39, 0.29) is 5.78 Å². The van der Waals surface area contributed by atoms with Crippen molar-refractivity contribution in [2.75, 3.05) is 6.61 Å².